The molecule has 1 aromatic heterocycles. The van der Waals surface area contributed by atoms with Crippen molar-refractivity contribution in [3.05, 3.63) is 46.4 Å². The van der Waals surface area contributed by atoms with Crippen molar-refractivity contribution in [3.8, 4) is 11.5 Å². The molecule has 0 aliphatic carbocycles. The lowest BCUT2D eigenvalue weighted by molar-refractivity contribution is 0.101. The number of ether oxygens (including phenoxy) is 2. The minimum absolute atomic E-state index is 0.181. The van der Waals surface area contributed by atoms with Crippen molar-refractivity contribution in [3.63, 3.8) is 0 Å². The van der Waals surface area contributed by atoms with Crippen molar-refractivity contribution < 1.29 is 14.3 Å². The van der Waals surface area contributed by atoms with E-state index < -0.39 is 5.91 Å². The van der Waals surface area contributed by atoms with Gasteiger partial charge in [0.25, 0.3) is 11.5 Å². The lowest BCUT2D eigenvalue weighted by Crippen LogP contribution is -2.26. The average molecular weight is 331 g/mol. The van der Waals surface area contributed by atoms with Gasteiger partial charge in [-0.3, -0.25) is 9.59 Å². The van der Waals surface area contributed by atoms with E-state index in [0.717, 1.165) is 12.8 Å². The predicted octanol–water partition coefficient (Wildman–Crippen LogP) is 2.31. The van der Waals surface area contributed by atoms with Crippen LogP contribution in [0.4, 0.5) is 5.69 Å². The molecule has 0 bridgehead atoms. The van der Waals surface area contributed by atoms with Crippen LogP contribution in [0.3, 0.4) is 0 Å². The van der Waals surface area contributed by atoms with Crippen LogP contribution in [0.25, 0.3) is 0 Å². The highest BCUT2D eigenvalue weighted by Gasteiger charge is 2.12. The van der Waals surface area contributed by atoms with E-state index in [1.54, 1.807) is 25.3 Å². The molecule has 7 heteroatoms. The number of nitrogens with one attached hydrogen (secondary N) is 1. The molecule has 2 rings (SSSR count). The second-order valence-corrected chi connectivity index (χ2v) is 5.16. The van der Waals surface area contributed by atoms with Gasteiger partial charge in [0.05, 0.1) is 14.2 Å². The lowest BCUT2D eigenvalue weighted by Gasteiger charge is -2.11. The Morgan fingerprint density at radius 3 is 2.58 bits per heavy atom. The van der Waals surface area contributed by atoms with Gasteiger partial charge in [-0.1, -0.05) is 13.3 Å². The highest BCUT2D eigenvalue weighted by Crippen LogP contribution is 2.29. The second-order valence-electron chi connectivity index (χ2n) is 5.16. The zero-order chi connectivity index (χ0) is 17.5. The summed E-state index contributed by atoms with van der Waals surface area (Å²) in [5, 5.41) is 6.85. The molecule has 0 atom stereocenters. The van der Waals surface area contributed by atoms with Gasteiger partial charge in [0.1, 0.15) is 5.69 Å². The number of nitrogens with zero attached hydrogens (tertiary/aromatic N) is 2. The fourth-order valence-corrected chi connectivity index (χ4v) is 2.15. The molecule has 0 aliphatic rings. The van der Waals surface area contributed by atoms with E-state index in [4.69, 9.17) is 9.47 Å². The molecule has 7 nitrogen and oxygen atoms in total. The first kappa shape index (κ1) is 17.5. The van der Waals surface area contributed by atoms with E-state index in [1.165, 1.54) is 23.9 Å². The molecule has 1 heterocycles. The van der Waals surface area contributed by atoms with Crippen LogP contribution < -0.4 is 20.3 Å². The topological polar surface area (TPSA) is 82.5 Å². The van der Waals surface area contributed by atoms with E-state index in [2.05, 4.69) is 10.4 Å². The number of methoxy groups -OCH3 is 2. The van der Waals surface area contributed by atoms with Crippen molar-refractivity contribution in [2.45, 2.75) is 26.3 Å². The van der Waals surface area contributed by atoms with Crippen LogP contribution in [-0.2, 0) is 6.54 Å². The first-order valence-corrected chi connectivity index (χ1v) is 7.70. The van der Waals surface area contributed by atoms with Crippen LogP contribution in [0.5, 0.6) is 11.5 Å². The van der Waals surface area contributed by atoms with Gasteiger partial charge in [-0.2, -0.15) is 5.10 Å². The third kappa shape index (κ3) is 4.13. The number of hydrogen-bond donors (Lipinski definition) is 1. The Hall–Kier alpha value is -2.83. The number of amides is 1. The number of unbranched alkanes of at least 4 members (excludes halogenated alkanes) is 1. The summed E-state index contributed by atoms with van der Waals surface area (Å²) in [6.07, 6.45) is 1.77. The zero-order valence-electron chi connectivity index (χ0n) is 14.0. The van der Waals surface area contributed by atoms with Crippen LogP contribution in [0.1, 0.15) is 30.3 Å². The smallest absolute Gasteiger partial charge is 0.276 e. The predicted molar refractivity (Wildman–Crippen MR) is 90.9 cm³/mol. The normalized spacial score (nSPS) is 10.3. The number of anilines is 1. The summed E-state index contributed by atoms with van der Waals surface area (Å²) < 4.78 is 11.7. The van der Waals surface area contributed by atoms with Gasteiger partial charge in [-0.25, -0.2) is 4.68 Å². The maximum Gasteiger partial charge on any atom is 0.276 e. The van der Waals surface area contributed by atoms with Gasteiger partial charge in [0.2, 0.25) is 0 Å². The van der Waals surface area contributed by atoms with Gasteiger partial charge in [0, 0.05) is 24.4 Å². The Morgan fingerprint density at radius 1 is 1.17 bits per heavy atom. The molecule has 1 N–H and O–H groups in total. The van der Waals surface area contributed by atoms with Gasteiger partial charge in [-0.15, -0.1) is 0 Å². The summed E-state index contributed by atoms with van der Waals surface area (Å²) >= 11 is 0. The highest BCUT2D eigenvalue weighted by atomic mass is 16.5. The van der Waals surface area contributed by atoms with Gasteiger partial charge < -0.3 is 14.8 Å². The van der Waals surface area contributed by atoms with Crippen molar-refractivity contribution in [2.75, 3.05) is 19.5 Å². The lowest BCUT2D eigenvalue weighted by atomic mass is 10.2. The number of hydrogen-bond acceptors (Lipinski definition) is 5. The zero-order valence-corrected chi connectivity index (χ0v) is 14.0. The molecule has 24 heavy (non-hydrogen) atoms. The molecular formula is C17H21N3O4. The summed E-state index contributed by atoms with van der Waals surface area (Å²) in [6, 6.07) is 7.83. The SMILES string of the molecule is CCCCn1nc(C(=O)Nc2ccc(OC)c(OC)c2)ccc1=O. The molecule has 0 fully saturated rings. The molecule has 0 saturated heterocycles. The Kier molecular flexibility index (Phi) is 5.95. The molecule has 2 aromatic rings. The fraction of sp³-hybridized carbons (Fsp3) is 0.353. The van der Waals surface area contributed by atoms with Gasteiger partial charge in [0.15, 0.2) is 11.5 Å². The number of carbonyl (C=O) groups excluding carboxylic acids is 1. The average Bonchev–Trinajstić information content (AvgIpc) is 2.60. The fourth-order valence-electron chi connectivity index (χ4n) is 2.15. The van der Waals surface area contributed by atoms with E-state index in [0.29, 0.717) is 23.7 Å². The maximum atomic E-state index is 12.3. The monoisotopic (exact) mass is 331 g/mol. The molecular weight excluding hydrogens is 310 g/mol. The summed E-state index contributed by atoms with van der Waals surface area (Å²) in [5.41, 5.74) is 0.511. The summed E-state index contributed by atoms with van der Waals surface area (Å²) in [6.45, 7) is 2.52. The second kappa shape index (κ2) is 8.14. The van der Waals surface area contributed by atoms with Crippen molar-refractivity contribution in [1.82, 2.24) is 9.78 Å². The van der Waals surface area contributed by atoms with Gasteiger partial charge in [-0.05, 0) is 24.6 Å². The summed E-state index contributed by atoms with van der Waals surface area (Å²) in [7, 11) is 3.06. The Bertz CT molecular complexity index is 771. The van der Waals surface area contributed by atoms with Gasteiger partial charge >= 0.3 is 0 Å². The van der Waals surface area contributed by atoms with Crippen LogP contribution in [0, 0.1) is 0 Å². The molecule has 1 aromatic carbocycles. The Balaban J connectivity index is 2.19. The number of aromatic nitrogens is 2. The molecule has 128 valence electrons. The minimum Gasteiger partial charge on any atom is -0.493 e. The third-order valence-corrected chi connectivity index (χ3v) is 3.46. The molecule has 0 unspecified atom stereocenters. The maximum absolute atomic E-state index is 12.3. The van der Waals surface area contributed by atoms with Crippen LogP contribution in [0.15, 0.2) is 35.1 Å². The quantitative estimate of drug-likeness (QED) is 0.842. The molecule has 1 amide bonds. The summed E-state index contributed by atoms with van der Waals surface area (Å²) in [4.78, 5) is 24.1. The van der Waals surface area contributed by atoms with Crippen molar-refractivity contribution in [1.29, 1.82) is 0 Å². The van der Waals surface area contributed by atoms with Crippen LogP contribution in [-0.4, -0.2) is 29.9 Å². The number of benzene rings is 1. The van der Waals surface area contributed by atoms with E-state index in [-0.39, 0.29) is 11.3 Å². The number of aryl methyl sites for hydroxylation is 1. The van der Waals surface area contributed by atoms with Crippen LogP contribution >= 0.6 is 0 Å². The molecule has 0 saturated carbocycles. The summed E-state index contributed by atoms with van der Waals surface area (Å²) in [5.74, 6) is 0.686. The first-order chi connectivity index (χ1) is 11.6. The van der Waals surface area contributed by atoms with Crippen LogP contribution in [0.2, 0.25) is 0 Å². The Labute approximate surface area is 140 Å². The van der Waals surface area contributed by atoms with Crippen molar-refractivity contribution in [2.24, 2.45) is 0 Å². The third-order valence-electron chi connectivity index (χ3n) is 3.46. The van der Waals surface area contributed by atoms with Crippen molar-refractivity contribution >= 4 is 11.6 Å². The number of carbonyl (C=O) groups is 1. The Morgan fingerprint density at radius 2 is 1.92 bits per heavy atom. The molecule has 0 aliphatic heterocycles. The molecule has 0 spiro atoms. The number of rotatable bonds is 7. The largest absolute Gasteiger partial charge is 0.493 e. The minimum atomic E-state index is -0.396. The first-order valence-electron chi connectivity index (χ1n) is 7.70. The van der Waals surface area contributed by atoms with E-state index in [9.17, 15) is 9.59 Å². The highest BCUT2D eigenvalue weighted by molar-refractivity contribution is 6.02. The van der Waals surface area contributed by atoms with E-state index >= 15 is 0 Å². The standard InChI is InChI=1S/C17H21N3O4/c1-4-5-10-20-16(21)9-7-13(19-20)17(22)18-12-6-8-14(23-2)15(11-12)24-3/h6-9,11H,4-5,10H2,1-3H3,(H,18,22). The molecule has 0 radical (unpaired) electrons. The van der Waals surface area contributed by atoms with E-state index in [1.807, 2.05) is 6.92 Å².